The molecule has 1 aromatic heterocycles. The van der Waals surface area contributed by atoms with Crippen LogP contribution in [0, 0.1) is 0 Å². The molecule has 0 amide bonds. The van der Waals surface area contributed by atoms with Gasteiger partial charge in [0.1, 0.15) is 0 Å². The van der Waals surface area contributed by atoms with E-state index in [-0.39, 0.29) is 12.6 Å². The van der Waals surface area contributed by atoms with Crippen molar-refractivity contribution in [2.45, 2.75) is 44.9 Å². The van der Waals surface area contributed by atoms with Gasteiger partial charge in [0.05, 0.1) is 17.7 Å². The van der Waals surface area contributed by atoms with Gasteiger partial charge in [0.2, 0.25) is 0 Å². The Balaban J connectivity index is 2.20. The highest BCUT2D eigenvalue weighted by Gasteiger charge is 2.37. The number of alkyl halides is 3. The van der Waals surface area contributed by atoms with Crippen LogP contribution in [0.4, 0.5) is 13.2 Å². The number of hydrogen-bond donors (Lipinski definition) is 1. The minimum atomic E-state index is -4.56. The molecule has 1 aliphatic rings. The molecular weight excluding hydrogens is 285 g/mol. The Morgan fingerprint density at radius 3 is 2.76 bits per heavy atom. The quantitative estimate of drug-likeness (QED) is 0.870. The Morgan fingerprint density at radius 2 is 2.19 bits per heavy atom. The fourth-order valence-electron chi connectivity index (χ4n) is 2.55. The van der Waals surface area contributed by atoms with Crippen LogP contribution in [0.1, 0.15) is 42.1 Å². The van der Waals surface area contributed by atoms with E-state index in [1.807, 2.05) is 0 Å². The second-order valence-corrected chi connectivity index (χ2v) is 5.15. The largest absolute Gasteiger partial charge is 0.462 e. The van der Waals surface area contributed by atoms with Crippen LogP contribution in [0.15, 0.2) is 12.4 Å². The van der Waals surface area contributed by atoms with Crippen molar-refractivity contribution in [2.24, 2.45) is 0 Å². The predicted octanol–water partition coefficient (Wildman–Crippen LogP) is 2.83. The molecular formula is C14H19F3N2O2. The number of hydrogen-bond acceptors (Lipinski definition) is 3. The number of carbonyl (C=O) groups is 1. The Kier molecular flexibility index (Phi) is 4.92. The molecule has 0 aliphatic carbocycles. The molecule has 2 heterocycles. The van der Waals surface area contributed by atoms with E-state index in [0.29, 0.717) is 6.54 Å². The highest BCUT2D eigenvalue weighted by atomic mass is 19.4. The molecule has 0 radical (unpaired) electrons. The zero-order chi connectivity index (χ0) is 15.5. The van der Waals surface area contributed by atoms with Crippen molar-refractivity contribution in [2.75, 3.05) is 13.2 Å². The van der Waals surface area contributed by atoms with Gasteiger partial charge >= 0.3 is 12.1 Å². The summed E-state index contributed by atoms with van der Waals surface area (Å²) in [6, 6.07) is 0.141. The SMILES string of the molecule is CCOC(=O)c1cn(CC2CCCCN2)cc1C(F)(F)F. The number of nitrogens with zero attached hydrogens (tertiary/aromatic N) is 1. The average Bonchev–Trinajstić information content (AvgIpc) is 2.84. The number of halogens is 3. The van der Waals surface area contributed by atoms with Gasteiger partial charge in [0.25, 0.3) is 0 Å². The second-order valence-electron chi connectivity index (χ2n) is 5.15. The lowest BCUT2D eigenvalue weighted by Gasteiger charge is -2.23. The summed E-state index contributed by atoms with van der Waals surface area (Å²) in [5.41, 5.74) is -1.35. The van der Waals surface area contributed by atoms with E-state index in [9.17, 15) is 18.0 Å². The fourth-order valence-corrected chi connectivity index (χ4v) is 2.55. The van der Waals surface area contributed by atoms with Gasteiger partial charge in [-0.25, -0.2) is 4.79 Å². The molecule has 21 heavy (non-hydrogen) atoms. The van der Waals surface area contributed by atoms with Crippen LogP contribution >= 0.6 is 0 Å². The number of esters is 1. The Labute approximate surface area is 121 Å². The lowest BCUT2D eigenvalue weighted by atomic mass is 10.1. The van der Waals surface area contributed by atoms with Crippen molar-refractivity contribution in [3.8, 4) is 0 Å². The molecule has 0 spiro atoms. The van der Waals surface area contributed by atoms with E-state index in [1.165, 1.54) is 10.8 Å². The Morgan fingerprint density at radius 1 is 1.43 bits per heavy atom. The van der Waals surface area contributed by atoms with Crippen molar-refractivity contribution in [1.82, 2.24) is 9.88 Å². The van der Waals surface area contributed by atoms with E-state index in [2.05, 4.69) is 5.32 Å². The molecule has 2 rings (SSSR count). The van der Waals surface area contributed by atoms with Crippen LogP contribution in [-0.2, 0) is 17.5 Å². The number of piperidine rings is 1. The summed E-state index contributed by atoms with van der Waals surface area (Å²) in [7, 11) is 0. The first-order valence-corrected chi connectivity index (χ1v) is 7.09. The smallest absolute Gasteiger partial charge is 0.418 e. The molecule has 0 saturated carbocycles. The van der Waals surface area contributed by atoms with Gasteiger partial charge in [-0.2, -0.15) is 13.2 Å². The molecule has 1 aromatic rings. The molecule has 1 atom stereocenters. The third-order valence-electron chi connectivity index (χ3n) is 3.52. The van der Waals surface area contributed by atoms with Gasteiger partial charge < -0.3 is 14.6 Å². The van der Waals surface area contributed by atoms with Gasteiger partial charge in [-0.3, -0.25) is 0 Å². The summed E-state index contributed by atoms with van der Waals surface area (Å²) in [6.45, 7) is 2.91. The van der Waals surface area contributed by atoms with Gasteiger partial charge in [0.15, 0.2) is 0 Å². The van der Waals surface area contributed by atoms with Gasteiger partial charge in [-0.15, -0.1) is 0 Å². The van der Waals surface area contributed by atoms with Crippen LogP contribution in [-0.4, -0.2) is 29.7 Å². The predicted molar refractivity (Wildman–Crippen MR) is 71.0 cm³/mol. The summed E-state index contributed by atoms with van der Waals surface area (Å²) in [4.78, 5) is 11.7. The zero-order valence-corrected chi connectivity index (χ0v) is 11.9. The molecule has 1 unspecified atom stereocenters. The molecule has 4 nitrogen and oxygen atoms in total. The number of aromatic nitrogens is 1. The molecule has 0 aromatic carbocycles. The molecule has 1 saturated heterocycles. The summed E-state index contributed by atoms with van der Waals surface area (Å²) in [5.74, 6) is -0.930. The van der Waals surface area contributed by atoms with Crippen LogP contribution in [0.5, 0.6) is 0 Å². The molecule has 1 fully saturated rings. The first-order chi connectivity index (χ1) is 9.91. The first kappa shape index (κ1) is 15.9. The molecule has 1 aliphatic heterocycles. The lowest BCUT2D eigenvalue weighted by molar-refractivity contribution is -0.138. The van der Waals surface area contributed by atoms with Crippen molar-refractivity contribution < 1.29 is 22.7 Å². The van der Waals surface area contributed by atoms with Crippen LogP contribution in [0.3, 0.4) is 0 Å². The lowest BCUT2D eigenvalue weighted by Crippen LogP contribution is -2.37. The number of ether oxygens (including phenoxy) is 1. The van der Waals surface area contributed by atoms with Crippen molar-refractivity contribution >= 4 is 5.97 Å². The monoisotopic (exact) mass is 304 g/mol. The summed E-state index contributed by atoms with van der Waals surface area (Å²) < 4.78 is 45.1. The third-order valence-corrected chi connectivity index (χ3v) is 3.52. The first-order valence-electron chi connectivity index (χ1n) is 7.09. The summed E-state index contributed by atoms with van der Waals surface area (Å²) >= 11 is 0. The van der Waals surface area contributed by atoms with Crippen molar-refractivity contribution in [1.29, 1.82) is 0 Å². The summed E-state index contributed by atoms with van der Waals surface area (Å²) in [6.07, 6.45) is 0.737. The minimum Gasteiger partial charge on any atom is -0.462 e. The second kappa shape index (κ2) is 6.51. The molecule has 0 bridgehead atoms. The summed E-state index contributed by atoms with van der Waals surface area (Å²) in [5, 5.41) is 3.27. The highest BCUT2D eigenvalue weighted by Crippen LogP contribution is 2.33. The Bertz CT molecular complexity index is 491. The van der Waals surface area contributed by atoms with Crippen LogP contribution < -0.4 is 5.32 Å². The zero-order valence-electron chi connectivity index (χ0n) is 11.9. The maximum absolute atomic E-state index is 13.0. The third kappa shape index (κ3) is 4.00. The van der Waals surface area contributed by atoms with E-state index < -0.39 is 23.3 Å². The van der Waals surface area contributed by atoms with E-state index in [0.717, 1.165) is 32.0 Å². The van der Waals surface area contributed by atoms with E-state index in [4.69, 9.17) is 4.74 Å². The van der Waals surface area contributed by atoms with Gasteiger partial charge in [-0.1, -0.05) is 6.42 Å². The highest BCUT2D eigenvalue weighted by molar-refractivity contribution is 5.91. The fraction of sp³-hybridized carbons (Fsp3) is 0.643. The van der Waals surface area contributed by atoms with Gasteiger partial charge in [-0.05, 0) is 26.3 Å². The number of carbonyl (C=O) groups excluding carboxylic acids is 1. The van der Waals surface area contributed by atoms with Crippen molar-refractivity contribution in [3.05, 3.63) is 23.5 Å². The topological polar surface area (TPSA) is 43.3 Å². The molecule has 1 N–H and O–H groups in total. The molecule has 118 valence electrons. The maximum atomic E-state index is 13.0. The standard InChI is InChI=1S/C14H19F3N2O2/c1-2-21-13(20)11-8-19(9-12(11)14(15,16)17)7-10-5-3-4-6-18-10/h8-10,18H,2-7H2,1H3. The van der Waals surface area contributed by atoms with Crippen molar-refractivity contribution in [3.63, 3.8) is 0 Å². The van der Waals surface area contributed by atoms with E-state index in [1.54, 1.807) is 6.92 Å². The number of nitrogens with one attached hydrogen (secondary N) is 1. The normalized spacial score (nSPS) is 19.5. The van der Waals surface area contributed by atoms with E-state index >= 15 is 0 Å². The van der Waals surface area contributed by atoms with Gasteiger partial charge in [0, 0.05) is 25.0 Å². The maximum Gasteiger partial charge on any atom is 0.418 e. The van der Waals surface area contributed by atoms with Crippen LogP contribution in [0.25, 0.3) is 0 Å². The minimum absolute atomic E-state index is 0.0471. The molecule has 7 heteroatoms. The van der Waals surface area contributed by atoms with Crippen LogP contribution in [0.2, 0.25) is 0 Å². The average molecular weight is 304 g/mol. The Hall–Kier alpha value is -1.50. The number of rotatable bonds is 4.